The van der Waals surface area contributed by atoms with E-state index in [-0.39, 0.29) is 17.1 Å². The smallest absolute Gasteiger partial charge is 0.226 e. The minimum Gasteiger partial charge on any atom is -0.507 e. The second-order valence-corrected chi connectivity index (χ2v) is 9.38. The summed E-state index contributed by atoms with van der Waals surface area (Å²) in [5.41, 5.74) is 2.14. The van der Waals surface area contributed by atoms with E-state index in [0.717, 1.165) is 26.4 Å². The highest BCUT2D eigenvalue weighted by Gasteiger charge is 2.54. The summed E-state index contributed by atoms with van der Waals surface area (Å²) in [6.45, 7) is 1.07. The van der Waals surface area contributed by atoms with Crippen LogP contribution in [-0.2, 0) is 16.9 Å². The average molecular weight is 477 g/mol. The van der Waals surface area contributed by atoms with Crippen LogP contribution in [0.1, 0.15) is 21.6 Å². The second kappa shape index (κ2) is 9.11. The Morgan fingerprint density at radius 3 is 2.39 bits per heavy atom. The molecule has 1 aliphatic heterocycles. The molecule has 0 aliphatic carbocycles. The Kier molecular flexibility index (Phi) is 6.56. The maximum Gasteiger partial charge on any atom is 0.226 e. The summed E-state index contributed by atoms with van der Waals surface area (Å²) < 4.78 is 18.6. The van der Waals surface area contributed by atoms with Crippen LogP contribution in [0.2, 0.25) is 0 Å². The molecule has 0 unspecified atom stereocenters. The molecule has 9 heteroatoms. The molecule has 1 saturated heterocycles. The highest BCUT2D eigenvalue weighted by molar-refractivity contribution is 7.15. The summed E-state index contributed by atoms with van der Waals surface area (Å²) >= 11 is 1.51. The summed E-state index contributed by atoms with van der Waals surface area (Å²) in [5, 5.41) is 61.7. The topological polar surface area (TPSA) is 131 Å². The number of thiophene rings is 1. The second-order valence-electron chi connectivity index (χ2n) is 8.21. The maximum absolute atomic E-state index is 13.2. The van der Waals surface area contributed by atoms with Crippen molar-refractivity contribution in [2.24, 2.45) is 0 Å². The minimum atomic E-state index is -2.55. The van der Waals surface area contributed by atoms with Crippen LogP contribution < -0.4 is 0 Å². The molecule has 5 atom stereocenters. The number of ether oxygens (including phenoxy) is 1. The lowest BCUT2D eigenvalue weighted by Gasteiger charge is -2.45. The number of benzene rings is 2. The number of aromatic hydroxyl groups is 1. The van der Waals surface area contributed by atoms with Gasteiger partial charge < -0.3 is 35.4 Å². The van der Waals surface area contributed by atoms with Gasteiger partial charge in [-0.05, 0) is 60.0 Å². The number of phenolic OH excluding ortho intramolecular Hbond substituents is 1. The number of hydrogen-bond donors (Lipinski definition) is 6. The normalized spacial score (nSPS) is 27.6. The number of aliphatic hydroxyl groups is 5. The third kappa shape index (κ3) is 4.41. The molecule has 1 aromatic heterocycles. The first kappa shape index (κ1) is 23.8. The van der Waals surface area contributed by atoms with Crippen molar-refractivity contribution >= 4 is 11.3 Å². The molecule has 176 valence electrons. The van der Waals surface area contributed by atoms with Gasteiger partial charge >= 0.3 is 0 Å². The highest BCUT2D eigenvalue weighted by Crippen LogP contribution is 2.41. The largest absolute Gasteiger partial charge is 0.507 e. The summed E-state index contributed by atoms with van der Waals surface area (Å²) in [7, 11) is 0. The molecular formula is C24H25FO7S. The molecule has 1 fully saturated rings. The van der Waals surface area contributed by atoms with E-state index < -0.39 is 36.8 Å². The fraction of sp³-hybridized carbons (Fsp3) is 0.333. The molecule has 1 aliphatic rings. The van der Waals surface area contributed by atoms with Crippen molar-refractivity contribution in [3.63, 3.8) is 0 Å². The SMILES string of the molecule is Cc1cc(O)c([C@]2(O)O[C@H](CO)[C@@H](O)[C@H](O)[C@H]2O)cc1Cc1ccc(-c2ccc(F)cc2)s1. The van der Waals surface area contributed by atoms with Crippen LogP contribution in [-0.4, -0.2) is 61.7 Å². The third-order valence-electron chi connectivity index (χ3n) is 5.96. The van der Waals surface area contributed by atoms with Crippen molar-refractivity contribution in [3.8, 4) is 16.2 Å². The maximum atomic E-state index is 13.2. The van der Waals surface area contributed by atoms with Crippen molar-refractivity contribution in [1.82, 2.24) is 0 Å². The van der Waals surface area contributed by atoms with E-state index in [2.05, 4.69) is 0 Å². The molecule has 4 rings (SSSR count). The quantitative estimate of drug-likeness (QED) is 0.331. The zero-order chi connectivity index (χ0) is 23.9. The monoisotopic (exact) mass is 476 g/mol. The van der Waals surface area contributed by atoms with Gasteiger partial charge in [0.05, 0.1) is 12.2 Å². The number of aryl methyl sites for hydroxylation is 1. The van der Waals surface area contributed by atoms with Crippen LogP contribution in [0.15, 0.2) is 48.5 Å². The predicted octanol–water partition coefficient (Wildman–Crippen LogP) is 1.78. The Hall–Kier alpha value is -2.37. The fourth-order valence-electron chi connectivity index (χ4n) is 4.02. The van der Waals surface area contributed by atoms with E-state index in [1.54, 1.807) is 19.1 Å². The van der Waals surface area contributed by atoms with Crippen LogP contribution in [0.5, 0.6) is 5.75 Å². The molecule has 0 spiro atoms. The van der Waals surface area contributed by atoms with Gasteiger partial charge in [0.2, 0.25) is 5.79 Å². The van der Waals surface area contributed by atoms with Gasteiger partial charge in [0.15, 0.2) is 0 Å². The molecule has 0 bridgehead atoms. The molecule has 0 saturated carbocycles. The lowest BCUT2D eigenvalue weighted by atomic mass is 9.86. The number of phenols is 1. The van der Waals surface area contributed by atoms with Crippen molar-refractivity contribution in [2.45, 2.75) is 43.5 Å². The van der Waals surface area contributed by atoms with Crippen molar-refractivity contribution < 1.29 is 39.8 Å². The average Bonchev–Trinajstić information content (AvgIpc) is 3.25. The van der Waals surface area contributed by atoms with Crippen LogP contribution in [0, 0.1) is 12.7 Å². The Labute approximate surface area is 193 Å². The van der Waals surface area contributed by atoms with Gasteiger partial charge in [0.1, 0.15) is 36.0 Å². The molecule has 6 N–H and O–H groups in total. The van der Waals surface area contributed by atoms with Crippen LogP contribution >= 0.6 is 11.3 Å². The molecular weight excluding hydrogens is 451 g/mol. The van der Waals surface area contributed by atoms with E-state index in [1.807, 2.05) is 12.1 Å². The lowest BCUT2D eigenvalue weighted by Crippen LogP contribution is -2.63. The van der Waals surface area contributed by atoms with Crippen molar-refractivity contribution in [1.29, 1.82) is 0 Å². The first-order valence-electron chi connectivity index (χ1n) is 10.4. The van der Waals surface area contributed by atoms with Crippen molar-refractivity contribution in [3.05, 3.63) is 75.9 Å². The van der Waals surface area contributed by atoms with Crippen LogP contribution in [0.4, 0.5) is 4.39 Å². The molecule has 0 amide bonds. The van der Waals surface area contributed by atoms with E-state index in [9.17, 15) is 35.0 Å². The van der Waals surface area contributed by atoms with E-state index in [0.29, 0.717) is 6.42 Å². The molecule has 3 aromatic rings. The van der Waals surface area contributed by atoms with Gasteiger partial charge in [-0.25, -0.2) is 4.39 Å². The van der Waals surface area contributed by atoms with E-state index >= 15 is 0 Å². The molecule has 0 radical (unpaired) electrons. The number of hydrogen-bond acceptors (Lipinski definition) is 8. The first-order valence-corrected chi connectivity index (χ1v) is 11.2. The van der Waals surface area contributed by atoms with E-state index in [1.165, 1.54) is 35.6 Å². The molecule has 33 heavy (non-hydrogen) atoms. The number of halogens is 1. The molecule has 2 aromatic carbocycles. The van der Waals surface area contributed by atoms with Gasteiger partial charge in [-0.3, -0.25) is 0 Å². The number of rotatable bonds is 5. The zero-order valence-corrected chi connectivity index (χ0v) is 18.5. The first-order chi connectivity index (χ1) is 15.6. The van der Waals surface area contributed by atoms with Gasteiger partial charge in [-0.2, -0.15) is 0 Å². The summed E-state index contributed by atoms with van der Waals surface area (Å²) in [6.07, 6.45) is -6.32. The highest BCUT2D eigenvalue weighted by atomic mass is 32.1. The molecule has 7 nitrogen and oxygen atoms in total. The van der Waals surface area contributed by atoms with Crippen LogP contribution in [0.3, 0.4) is 0 Å². The van der Waals surface area contributed by atoms with Gasteiger partial charge in [-0.1, -0.05) is 12.1 Å². The summed E-state index contributed by atoms with van der Waals surface area (Å²) in [4.78, 5) is 1.92. The Balaban J connectivity index is 1.66. The van der Waals surface area contributed by atoms with Gasteiger partial charge in [-0.15, -0.1) is 11.3 Å². The van der Waals surface area contributed by atoms with Crippen molar-refractivity contribution in [2.75, 3.05) is 6.61 Å². The third-order valence-corrected chi connectivity index (χ3v) is 7.10. The number of aliphatic hydroxyl groups excluding tert-OH is 4. The standard InChI is InChI=1S/C24H25FO7S/c1-12-8-18(27)17(24(31)23(30)22(29)21(28)19(11-26)32-24)10-14(12)9-16-6-7-20(33-16)13-2-4-15(25)5-3-13/h2-8,10,19,21-23,26-31H,9,11H2,1H3/t19-,21-,22+,23-,24+/m1/s1. The predicted molar refractivity (Wildman–Crippen MR) is 119 cm³/mol. The van der Waals surface area contributed by atoms with Gasteiger partial charge in [0, 0.05) is 16.2 Å². The van der Waals surface area contributed by atoms with E-state index in [4.69, 9.17) is 4.74 Å². The summed E-state index contributed by atoms with van der Waals surface area (Å²) in [5.74, 6) is -3.22. The summed E-state index contributed by atoms with van der Waals surface area (Å²) in [6, 6.07) is 12.9. The van der Waals surface area contributed by atoms with Crippen LogP contribution in [0.25, 0.3) is 10.4 Å². The van der Waals surface area contributed by atoms with Gasteiger partial charge in [0.25, 0.3) is 0 Å². The Bertz CT molecular complexity index is 1130. The fourth-order valence-corrected chi connectivity index (χ4v) is 5.06. The molecule has 2 heterocycles. The minimum absolute atomic E-state index is 0.185. The lowest BCUT2D eigenvalue weighted by molar-refractivity contribution is -0.358. The Morgan fingerprint density at radius 1 is 1.03 bits per heavy atom. The zero-order valence-electron chi connectivity index (χ0n) is 17.7. The Morgan fingerprint density at radius 2 is 1.73 bits per heavy atom.